The second kappa shape index (κ2) is 11.8. The maximum absolute atomic E-state index is 2.37. The van der Waals surface area contributed by atoms with Gasteiger partial charge in [0.05, 0.1) is 0 Å². The van der Waals surface area contributed by atoms with Gasteiger partial charge in [-0.1, -0.05) is 58.6 Å². The molecule has 0 atom stereocenters. The molecule has 1 radical (unpaired) electrons. The Labute approximate surface area is 97.2 Å². The normalized spacial score (nSPS) is 11.7. The first-order valence-electron chi connectivity index (χ1n) is 6.71. The second-order valence-corrected chi connectivity index (χ2v) is 4.77. The zero-order chi connectivity index (χ0) is 11.4. The van der Waals surface area contributed by atoms with E-state index in [0.29, 0.717) is 0 Å². The number of rotatable bonds is 10. The molecule has 0 aromatic rings. The molecule has 0 aromatic carbocycles. The van der Waals surface area contributed by atoms with Crippen LogP contribution in [0.15, 0.2) is 12.2 Å². The molecule has 0 saturated heterocycles. The first kappa shape index (κ1) is 14.7. The summed E-state index contributed by atoms with van der Waals surface area (Å²) in [6.07, 6.45) is 16.9. The van der Waals surface area contributed by atoms with Crippen molar-refractivity contribution in [1.82, 2.24) is 0 Å². The first-order chi connectivity index (χ1) is 7.27. The van der Waals surface area contributed by atoms with E-state index in [9.17, 15) is 0 Å². The van der Waals surface area contributed by atoms with Crippen molar-refractivity contribution >= 4 is 0 Å². The van der Waals surface area contributed by atoms with E-state index in [1.165, 1.54) is 57.8 Å². The molecule has 0 heteroatoms. The number of unbranched alkanes of at least 4 members (excludes halogenated alkanes) is 6. The van der Waals surface area contributed by atoms with Gasteiger partial charge in [0.15, 0.2) is 0 Å². The van der Waals surface area contributed by atoms with Crippen LogP contribution >= 0.6 is 0 Å². The Morgan fingerprint density at radius 3 is 1.93 bits per heavy atom. The molecule has 0 bridgehead atoms. The van der Waals surface area contributed by atoms with E-state index in [-0.39, 0.29) is 0 Å². The Morgan fingerprint density at radius 1 is 0.800 bits per heavy atom. The predicted octanol–water partition coefficient (Wildman–Crippen LogP) is 5.69. The zero-order valence-electron chi connectivity index (χ0n) is 11.0. The molecule has 0 spiro atoms. The van der Waals surface area contributed by atoms with Gasteiger partial charge in [-0.3, -0.25) is 0 Å². The molecule has 0 amide bonds. The van der Waals surface area contributed by atoms with Crippen LogP contribution in [0.3, 0.4) is 0 Å². The Morgan fingerprint density at radius 2 is 1.40 bits per heavy atom. The number of allylic oxidation sites excluding steroid dienone is 2. The van der Waals surface area contributed by atoms with Gasteiger partial charge in [-0.25, -0.2) is 0 Å². The smallest absolute Gasteiger partial charge is 0.0303 e. The van der Waals surface area contributed by atoms with Crippen LogP contribution in [-0.2, 0) is 0 Å². The summed E-state index contributed by atoms with van der Waals surface area (Å²) in [5.74, 6) is 1.57. The van der Waals surface area contributed by atoms with Gasteiger partial charge in [0.2, 0.25) is 0 Å². The zero-order valence-corrected chi connectivity index (χ0v) is 11.0. The fraction of sp³-hybridized carbons (Fsp3) is 0.800. The van der Waals surface area contributed by atoms with E-state index in [0.717, 1.165) is 0 Å². The molecule has 0 aliphatic rings. The molecule has 15 heavy (non-hydrogen) atoms. The van der Waals surface area contributed by atoms with Crippen LogP contribution in [0, 0.1) is 5.92 Å². The van der Waals surface area contributed by atoms with Crippen LogP contribution in [0.2, 0.25) is 0 Å². The minimum atomic E-state index is 1.28. The molecule has 0 rings (SSSR count). The van der Waals surface area contributed by atoms with Gasteiger partial charge < -0.3 is 0 Å². The Balaban J connectivity index is 3.04. The maximum atomic E-state index is 2.37. The molecule has 0 aromatic heterocycles. The highest BCUT2D eigenvalue weighted by atomic mass is 14.0. The van der Waals surface area contributed by atoms with E-state index in [1.54, 1.807) is 5.92 Å². The van der Waals surface area contributed by atoms with Gasteiger partial charge in [0, 0.05) is 0 Å². The molecule has 0 nitrogen and oxygen atoms in total. The fourth-order valence-corrected chi connectivity index (χ4v) is 1.67. The highest BCUT2D eigenvalue weighted by Crippen LogP contribution is 2.10. The third kappa shape index (κ3) is 13.7. The van der Waals surface area contributed by atoms with Gasteiger partial charge in [0.1, 0.15) is 0 Å². The molecule has 0 N–H and O–H groups in total. The molecule has 0 aliphatic carbocycles. The van der Waals surface area contributed by atoms with Crippen LogP contribution in [0.5, 0.6) is 0 Å². The van der Waals surface area contributed by atoms with Gasteiger partial charge in [-0.15, -0.1) is 0 Å². The van der Waals surface area contributed by atoms with Crippen LogP contribution < -0.4 is 0 Å². The van der Waals surface area contributed by atoms with E-state index in [2.05, 4.69) is 32.9 Å². The Hall–Kier alpha value is -0.260. The summed E-state index contributed by atoms with van der Waals surface area (Å²) in [6.45, 7) is 6.72. The van der Waals surface area contributed by atoms with Crippen molar-refractivity contribution in [2.45, 2.75) is 78.6 Å². The minimum absolute atomic E-state index is 1.28. The summed E-state index contributed by atoms with van der Waals surface area (Å²) >= 11 is 0. The van der Waals surface area contributed by atoms with Crippen molar-refractivity contribution in [3.63, 3.8) is 0 Å². The SMILES string of the molecule is CCCCCC/C=C/CCCC[C](C)C. The third-order valence-electron chi connectivity index (χ3n) is 2.69. The summed E-state index contributed by atoms with van der Waals surface area (Å²) in [4.78, 5) is 0. The lowest BCUT2D eigenvalue weighted by molar-refractivity contribution is 0.671. The molecule has 0 unspecified atom stereocenters. The highest BCUT2D eigenvalue weighted by molar-refractivity contribution is 4.82. The van der Waals surface area contributed by atoms with Gasteiger partial charge >= 0.3 is 0 Å². The van der Waals surface area contributed by atoms with Crippen molar-refractivity contribution in [3.8, 4) is 0 Å². The lowest BCUT2D eigenvalue weighted by atomic mass is 10.1. The van der Waals surface area contributed by atoms with Crippen molar-refractivity contribution in [1.29, 1.82) is 0 Å². The van der Waals surface area contributed by atoms with Crippen molar-refractivity contribution in [2.24, 2.45) is 0 Å². The Kier molecular flexibility index (Phi) is 11.6. The minimum Gasteiger partial charge on any atom is -0.0885 e. The quantitative estimate of drug-likeness (QED) is 0.320. The maximum Gasteiger partial charge on any atom is -0.0303 e. The van der Waals surface area contributed by atoms with Crippen LogP contribution in [0.4, 0.5) is 0 Å². The third-order valence-corrected chi connectivity index (χ3v) is 2.69. The molecule has 0 saturated carbocycles. The largest absolute Gasteiger partial charge is 0.0885 e. The number of hydrogen-bond donors (Lipinski definition) is 0. The predicted molar refractivity (Wildman–Crippen MR) is 71.0 cm³/mol. The topological polar surface area (TPSA) is 0 Å². The van der Waals surface area contributed by atoms with Gasteiger partial charge in [0.25, 0.3) is 0 Å². The summed E-state index contributed by atoms with van der Waals surface area (Å²) in [6, 6.07) is 0. The second-order valence-electron chi connectivity index (χ2n) is 4.77. The average molecular weight is 209 g/mol. The summed E-state index contributed by atoms with van der Waals surface area (Å²) in [5.41, 5.74) is 0. The van der Waals surface area contributed by atoms with Crippen LogP contribution in [0.25, 0.3) is 0 Å². The molecule has 0 aliphatic heterocycles. The average Bonchev–Trinajstić information content (AvgIpc) is 2.20. The molecule has 0 fully saturated rings. The fourth-order valence-electron chi connectivity index (χ4n) is 1.67. The van der Waals surface area contributed by atoms with Crippen molar-refractivity contribution < 1.29 is 0 Å². The van der Waals surface area contributed by atoms with Gasteiger partial charge in [-0.2, -0.15) is 0 Å². The standard InChI is InChI=1S/C15H29/c1-4-5-6-7-8-9-10-11-12-13-14-15(2)3/h9-10H,4-8,11-14H2,1-3H3/b10-9+. The number of hydrogen-bond acceptors (Lipinski definition) is 0. The molecular formula is C15H29. The monoisotopic (exact) mass is 209 g/mol. The lowest BCUT2D eigenvalue weighted by Gasteiger charge is -2.01. The van der Waals surface area contributed by atoms with E-state index >= 15 is 0 Å². The molecule has 0 heterocycles. The van der Waals surface area contributed by atoms with Crippen molar-refractivity contribution in [3.05, 3.63) is 18.1 Å². The summed E-state index contributed by atoms with van der Waals surface area (Å²) in [5, 5.41) is 0. The van der Waals surface area contributed by atoms with E-state index < -0.39 is 0 Å². The van der Waals surface area contributed by atoms with Crippen LogP contribution in [-0.4, -0.2) is 0 Å². The van der Waals surface area contributed by atoms with Crippen LogP contribution in [0.1, 0.15) is 78.6 Å². The molecule has 89 valence electrons. The highest BCUT2D eigenvalue weighted by Gasteiger charge is 1.92. The van der Waals surface area contributed by atoms with Crippen molar-refractivity contribution in [2.75, 3.05) is 0 Å². The lowest BCUT2D eigenvalue weighted by Crippen LogP contribution is -1.83. The van der Waals surface area contributed by atoms with E-state index in [1.807, 2.05) is 0 Å². The van der Waals surface area contributed by atoms with E-state index in [4.69, 9.17) is 0 Å². The molecular weight excluding hydrogens is 180 g/mol. The Bertz CT molecular complexity index is 133. The van der Waals surface area contributed by atoms with Gasteiger partial charge in [-0.05, 0) is 38.0 Å². The summed E-state index contributed by atoms with van der Waals surface area (Å²) in [7, 11) is 0. The summed E-state index contributed by atoms with van der Waals surface area (Å²) < 4.78 is 0. The first-order valence-corrected chi connectivity index (χ1v) is 6.71.